The number of hydrogen-bond acceptors (Lipinski definition) is 7. The molecule has 0 fully saturated rings. The maximum absolute atomic E-state index is 12.4. The van der Waals surface area contributed by atoms with Crippen molar-refractivity contribution in [2.75, 3.05) is 45.0 Å². The van der Waals surface area contributed by atoms with Crippen LogP contribution in [-0.2, 0) is 9.53 Å². The number of ether oxygens (including phenoxy) is 1. The van der Waals surface area contributed by atoms with E-state index in [1.165, 1.54) is 23.7 Å². The minimum absolute atomic E-state index is 0.111. The van der Waals surface area contributed by atoms with Gasteiger partial charge in [-0.25, -0.2) is 9.97 Å². The number of nitrogens with one attached hydrogen (secondary N) is 2. The fraction of sp³-hybridized carbons (Fsp3) is 0.222. The third-order valence-electron chi connectivity index (χ3n) is 5.45. The molecule has 0 saturated heterocycles. The van der Waals surface area contributed by atoms with Gasteiger partial charge in [-0.3, -0.25) is 4.79 Å². The number of hydrogen-bond donors (Lipinski definition) is 2. The van der Waals surface area contributed by atoms with E-state index < -0.39 is 0 Å². The van der Waals surface area contributed by atoms with Gasteiger partial charge in [0.1, 0.15) is 21.3 Å². The van der Waals surface area contributed by atoms with Crippen molar-refractivity contribution in [1.29, 1.82) is 0 Å². The molecule has 0 aliphatic carbocycles. The average molecular weight is 522 g/mol. The summed E-state index contributed by atoms with van der Waals surface area (Å²) in [5.41, 5.74) is 3.45. The maximum Gasteiger partial charge on any atom is 0.248 e. The second-order valence-electron chi connectivity index (χ2n) is 8.45. The summed E-state index contributed by atoms with van der Waals surface area (Å²) < 4.78 is 6.08. The SMILES string of the molecule is COC[C@@H](Nc1ncnc2sc(Cl)c(-c3cccc(NC(=O)/C=C/CN(C)C)c3)c12)c1ccccc1. The van der Waals surface area contributed by atoms with Crippen LogP contribution in [0.3, 0.4) is 0 Å². The third kappa shape index (κ3) is 6.27. The molecule has 0 aliphatic rings. The molecule has 4 rings (SSSR count). The van der Waals surface area contributed by atoms with Crippen molar-refractivity contribution < 1.29 is 9.53 Å². The highest BCUT2D eigenvalue weighted by molar-refractivity contribution is 7.23. The molecule has 0 bridgehead atoms. The Labute approximate surface area is 219 Å². The van der Waals surface area contributed by atoms with Gasteiger partial charge < -0.3 is 20.3 Å². The number of carbonyl (C=O) groups is 1. The van der Waals surface area contributed by atoms with Crippen molar-refractivity contribution in [3.8, 4) is 11.1 Å². The van der Waals surface area contributed by atoms with Gasteiger partial charge in [-0.05, 0) is 37.4 Å². The van der Waals surface area contributed by atoms with Crippen LogP contribution in [0.15, 0.2) is 73.1 Å². The Kier molecular flexibility index (Phi) is 8.66. The highest BCUT2D eigenvalue weighted by Crippen LogP contribution is 2.44. The standard InChI is InChI=1S/C27H28ClN5O2S/c1-33(2)14-8-13-22(34)31-20-12-7-11-19(15-20)23-24-26(29-17-30-27(24)36-25(23)28)32-21(16-35-3)18-9-5-4-6-10-18/h4-13,15,17,21H,14,16H2,1-3H3,(H,31,34)(H,29,30,32)/b13-8+/t21-/m1/s1. The summed E-state index contributed by atoms with van der Waals surface area (Å²) in [6.07, 6.45) is 4.89. The number of aromatic nitrogens is 2. The van der Waals surface area contributed by atoms with E-state index in [-0.39, 0.29) is 11.9 Å². The monoisotopic (exact) mass is 521 g/mol. The lowest BCUT2D eigenvalue weighted by molar-refractivity contribution is -0.111. The molecule has 7 nitrogen and oxygen atoms in total. The van der Waals surface area contributed by atoms with E-state index in [1.807, 2.05) is 67.5 Å². The first kappa shape index (κ1) is 25.8. The number of amides is 1. The van der Waals surface area contributed by atoms with E-state index in [0.29, 0.717) is 29.0 Å². The van der Waals surface area contributed by atoms with Crippen molar-refractivity contribution in [2.45, 2.75) is 6.04 Å². The lowest BCUT2D eigenvalue weighted by Gasteiger charge is -2.20. The molecular formula is C27H28ClN5O2S. The number of benzene rings is 2. The van der Waals surface area contributed by atoms with E-state index >= 15 is 0 Å². The van der Waals surface area contributed by atoms with Gasteiger partial charge in [-0.2, -0.15) is 0 Å². The number of rotatable bonds is 10. The molecule has 1 atom stereocenters. The molecule has 2 N–H and O–H groups in total. The number of anilines is 2. The molecule has 2 heterocycles. The molecule has 0 unspecified atom stereocenters. The molecule has 9 heteroatoms. The van der Waals surface area contributed by atoms with Crippen LogP contribution in [-0.4, -0.2) is 55.1 Å². The first-order chi connectivity index (χ1) is 17.5. The Bertz CT molecular complexity index is 1360. The predicted molar refractivity (Wildman–Crippen MR) is 149 cm³/mol. The summed E-state index contributed by atoms with van der Waals surface area (Å²) in [6.45, 7) is 1.15. The van der Waals surface area contributed by atoms with Crippen LogP contribution in [0.25, 0.3) is 21.3 Å². The summed E-state index contributed by atoms with van der Waals surface area (Å²) in [4.78, 5) is 24.1. The number of methoxy groups -OCH3 is 1. The van der Waals surface area contributed by atoms with E-state index in [0.717, 1.165) is 26.9 Å². The van der Waals surface area contributed by atoms with Crippen LogP contribution >= 0.6 is 22.9 Å². The van der Waals surface area contributed by atoms with Crippen LogP contribution in [0.1, 0.15) is 11.6 Å². The average Bonchev–Trinajstić information content (AvgIpc) is 3.21. The molecule has 36 heavy (non-hydrogen) atoms. The van der Waals surface area contributed by atoms with Gasteiger partial charge in [-0.1, -0.05) is 60.1 Å². The predicted octanol–water partition coefficient (Wildman–Crippen LogP) is 5.87. The van der Waals surface area contributed by atoms with Crippen molar-refractivity contribution >= 4 is 50.6 Å². The first-order valence-electron chi connectivity index (χ1n) is 11.4. The molecule has 2 aromatic heterocycles. The maximum atomic E-state index is 12.4. The quantitative estimate of drug-likeness (QED) is 0.254. The van der Waals surface area contributed by atoms with Gasteiger partial charge in [-0.15, -0.1) is 11.3 Å². The van der Waals surface area contributed by atoms with Crippen molar-refractivity contribution in [1.82, 2.24) is 14.9 Å². The van der Waals surface area contributed by atoms with Gasteiger partial charge >= 0.3 is 0 Å². The first-order valence-corrected chi connectivity index (χ1v) is 12.6. The van der Waals surface area contributed by atoms with Crippen LogP contribution < -0.4 is 10.6 Å². The van der Waals surface area contributed by atoms with E-state index in [1.54, 1.807) is 7.11 Å². The van der Waals surface area contributed by atoms with Crippen molar-refractivity contribution in [2.24, 2.45) is 0 Å². The lowest BCUT2D eigenvalue weighted by Crippen LogP contribution is -2.17. The zero-order chi connectivity index (χ0) is 25.5. The molecule has 0 radical (unpaired) electrons. The molecule has 1 amide bonds. The fourth-order valence-corrected chi connectivity index (χ4v) is 5.13. The van der Waals surface area contributed by atoms with E-state index in [9.17, 15) is 4.79 Å². The molecule has 2 aromatic carbocycles. The Morgan fingerprint density at radius 1 is 1.17 bits per heavy atom. The summed E-state index contributed by atoms with van der Waals surface area (Å²) in [7, 11) is 5.57. The van der Waals surface area contributed by atoms with Gasteiger partial charge in [0.15, 0.2) is 0 Å². The summed E-state index contributed by atoms with van der Waals surface area (Å²) >= 11 is 8.14. The van der Waals surface area contributed by atoms with Gasteiger partial charge in [0.25, 0.3) is 0 Å². The zero-order valence-electron chi connectivity index (χ0n) is 20.4. The van der Waals surface area contributed by atoms with Gasteiger partial charge in [0.2, 0.25) is 5.91 Å². The minimum atomic E-state index is -0.189. The summed E-state index contributed by atoms with van der Waals surface area (Å²) in [5, 5.41) is 7.29. The summed E-state index contributed by atoms with van der Waals surface area (Å²) in [5.74, 6) is 0.483. The zero-order valence-corrected chi connectivity index (χ0v) is 21.9. The lowest BCUT2D eigenvalue weighted by atomic mass is 10.0. The normalized spacial score (nSPS) is 12.4. The van der Waals surface area contributed by atoms with Gasteiger partial charge in [0, 0.05) is 31.0 Å². The van der Waals surface area contributed by atoms with E-state index in [4.69, 9.17) is 16.3 Å². The van der Waals surface area contributed by atoms with Gasteiger partial charge in [0.05, 0.1) is 18.0 Å². The topological polar surface area (TPSA) is 79.4 Å². The van der Waals surface area contributed by atoms with E-state index in [2.05, 4.69) is 32.7 Å². The number of nitrogens with zero attached hydrogens (tertiary/aromatic N) is 3. The molecule has 186 valence electrons. The highest BCUT2D eigenvalue weighted by atomic mass is 35.5. The largest absolute Gasteiger partial charge is 0.382 e. The van der Waals surface area contributed by atoms with Crippen molar-refractivity contribution in [3.63, 3.8) is 0 Å². The smallest absolute Gasteiger partial charge is 0.248 e. The van der Waals surface area contributed by atoms with Crippen LogP contribution in [0.5, 0.6) is 0 Å². The highest BCUT2D eigenvalue weighted by Gasteiger charge is 2.21. The Hall–Kier alpha value is -3.30. The second-order valence-corrected chi connectivity index (χ2v) is 10.1. The van der Waals surface area contributed by atoms with Crippen LogP contribution in [0, 0.1) is 0 Å². The van der Waals surface area contributed by atoms with Crippen LogP contribution in [0.2, 0.25) is 4.34 Å². The molecule has 4 aromatic rings. The molecule has 0 saturated carbocycles. The third-order valence-corrected chi connectivity index (χ3v) is 6.76. The second kappa shape index (κ2) is 12.1. The molecular weight excluding hydrogens is 494 g/mol. The van der Waals surface area contributed by atoms with Crippen molar-refractivity contribution in [3.05, 3.63) is 83.0 Å². The minimum Gasteiger partial charge on any atom is -0.382 e. The Morgan fingerprint density at radius 2 is 1.97 bits per heavy atom. The molecule has 0 spiro atoms. The number of fused-ring (bicyclic) bond motifs is 1. The number of carbonyl (C=O) groups excluding carboxylic acids is 1. The number of likely N-dealkylation sites (N-methyl/N-ethyl adjacent to an activating group) is 1. The fourth-order valence-electron chi connectivity index (χ4n) is 3.82. The number of thiophene rings is 1. The summed E-state index contributed by atoms with van der Waals surface area (Å²) in [6, 6.07) is 17.6. The Balaban J connectivity index is 1.68. The molecule has 0 aliphatic heterocycles. The Morgan fingerprint density at radius 3 is 2.72 bits per heavy atom. The van der Waals surface area contributed by atoms with Crippen LogP contribution in [0.4, 0.5) is 11.5 Å². The number of halogens is 1.